The van der Waals surface area contributed by atoms with E-state index in [1.54, 1.807) is 0 Å². The van der Waals surface area contributed by atoms with E-state index in [2.05, 4.69) is 5.32 Å². The summed E-state index contributed by atoms with van der Waals surface area (Å²) in [6, 6.07) is 3.91. The van der Waals surface area contributed by atoms with Gasteiger partial charge in [0.15, 0.2) is 0 Å². The van der Waals surface area contributed by atoms with E-state index in [0.717, 1.165) is 0 Å². The van der Waals surface area contributed by atoms with Crippen LogP contribution < -0.4 is 11.1 Å². The van der Waals surface area contributed by atoms with Gasteiger partial charge in [-0.25, -0.2) is 4.39 Å². The SMILES string of the molecule is NCC(=O)Nc1ccc(F)c(Cl)c1. The van der Waals surface area contributed by atoms with Crippen molar-refractivity contribution in [2.45, 2.75) is 0 Å². The number of carbonyl (C=O) groups excluding carboxylic acids is 1. The highest BCUT2D eigenvalue weighted by Crippen LogP contribution is 2.18. The summed E-state index contributed by atoms with van der Waals surface area (Å²) < 4.78 is 12.6. The average molecular weight is 203 g/mol. The molecule has 1 aromatic carbocycles. The van der Waals surface area contributed by atoms with Gasteiger partial charge < -0.3 is 11.1 Å². The molecule has 0 atom stereocenters. The molecule has 0 aliphatic carbocycles. The maximum absolute atomic E-state index is 12.6. The van der Waals surface area contributed by atoms with Crippen molar-refractivity contribution < 1.29 is 9.18 Å². The van der Waals surface area contributed by atoms with Gasteiger partial charge in [-0.05, 0) is 18.2 Å². The number of benzene rings is 1. The van der Waals surface area contributed by atoms with Crippen LogP contribution in [0.4, 0.5) is 10.1 Å². The quantitative estimate of drug-likeness (QED) is 0.761. The number of nitrogens with one attached hydrogen (secondary N) is 1. The van der Waals surface area contributed by atoms with E-state index in [0.29, 0.717) is 5.69 Å². The van der Waals surface area contributed by atoms with Gasteiger partial charge in [-0.15, -0.1) is 0 Å². The average Bonchev–Trinajstić information content (AvgIpc) is 2.11. The number of hydrogen-bond acceptors (Lipinski definition) is 2. The van der Waals surface area contributed by atoms with E-state index in [1.807, 2.05) is 0 Å². The standard InChI is InChI=1S/C8H8ClFN2O/c9-6-3-5(1-2-7(6)10)12-8(13)4-11/h1-3H,4,11H2,(H,12,13). The highest BCUT2D eigenvalue weighted by atomic mass is 35.5. The molecular formula is C8H8ClFN2O. The molecule has 1 rings (SSSR count). The van der Waals surface area contributed by atoms with E-state index in [9.17, 15) is 9.18 Å². The Bertz CT molecular complexity index is 330. The fourth-order valence-electron chi connectivity index (χ4n) is 0.786. The van der Waals surface area contributed by atoms with Crippen LogP contribution in [0.5, 0.6) is 0 Å². The van der Waals surface area contributed by atoms with Gasteiger partial charge in [-0.1, -0.05) is 11.6 Å². The molecule has 0 heterocycles. The summed E-state index contributed by atoms with van der Waals surface area (Å²) in [5.74, 6) is -0.866. The smallest absolute Gasteiger partial charge is 0.238 e. The minimum atomic E-state index is -0.521. The van der Waals surface area contributed by atoms with Gasteiger partial charge in [-0.2, -0.15) is 0 Å². The first kappa shape index (κ1) is 9.95. The van der Waals surface area contributed by atoms with E-state index in [-0.39, 0.29) is 17.5 Å². The molecule has 0 fully saturated rings. The summed E-state index contributed by atoms with van der Waals surface area (Å²) in [5.41, 5.74) is 5.50. The Morgan fingerprint density at radius 1 is 1.62 bits per heavy atom. The second-order valence-corrected chi connectivity index (χ2v) is 2.79. The molecule has 0 aliphatic heterocycles. The molecule has 13 heavy (non-hydrogen) atoms. The Labute approximate surface area is 79.7 Å². The molecule has 70 valence electrons. The Hall–Kier alpha value is -1.13. The molecule has 0 aromatic heterocycles. The molecule has 0 radical (unpaired) electrons. The van der Waals surface area contributed by atoms with E-state index in [4.69, 9.17) is 17.3 Å². The maximum Gasteiger partial charge on any atom is 0.238 e. The van der Waals surface area contributed by atoms with Gasteiger partial charge in [0.25, 0.3) is 0 Å². The summed E-state index contributed by atoms with van der Waals surface area (Å²) in [7, 11) is 0. The van der Waals surface area contributed by atoms with E-state index >= 15 is 0 Å². The number of nitrogens with two attached hydrogens (primary N) is 1. The van der Waals surface area contributed by atoms with Gasteiger partial charge >= 0.3 is 0 Å². The highest BCUT2D eigenvalue weighted by molar-refractivity contribution is 6.31. The molecule has 0 spiro atoms. The van der Waals surface area contributed by atoms with Crippen molar-refractivity contribution >= 4 is 23.2 Å². The number of rotatable bonds is 2. The summed E-state index contributed by atoms with van der Waals surface area (Å²) in [4.78, 5) is 10.8. The fourth-order valence-corrected chi connectivity index (χ4v) is 0.966. The third-order valence-electron chi connectivity index (χ3n) is 1.39. The lowest BCUT2D eigenvalue weighted by Gasteiger charge is -2.03. The minimum absolute atomic E-state index is 0.0326. The minimum Gasteiger partial charge on any atom is -0.325 e. The lowest BCUT2D eigenvalue weighted by molar-refractivity contribution is -0.114. The summed E-state index contributed by atoms with van der Waals surface area (Å²) >= 11 is 5.48. The van der Waals surface area contributed by atoms with Crippen LogP contribution in [0.2, 0.25) is 5.02 Å². The highest BCUT2D eigenvalue weighted by Gasteiger charge is 2.02. The van der Waals surface area contributed by atoms with Crippen LogP contribution in [0.25, 0.3) is 0 Å². The Morgan fingerprint density at radius 3 is 2.85 bits per heavy atom. The van der Waals surface area contributed by atoms with Crippen molar-refractivity contribution in [2.75, 3.05) is 11.9 Å². The fraction of sp³-hybridized carbons (Fsp3) is 0.125. The van der Waals surface area contributed by atoms with Crippen molar-refractivity contribution in [3.05, 3.63) is 29.0 Å². The van der Waals surface area contributed by atoms with E-state index < -0.39 is 5.82 Å². The zero-order valence-corrected chi connectivity index (χ0v) is 7.44. The zero-order chi connectivity index (χ0) is 9.84. The van der Waals surface area contributed by atoms with Gasteiger partial charge in [-0.3, -0.25) is 4.79 Å². The van der Waals surface area contributed by atoms with Crippen LogP contribution >= 0.6 is 11.6 Å². The molecule has 0 aliphatic rings. The van der Waals surface area contributed by atoms with Crippen molar-refractivity contribution in [3.63, 3.8) is 0 Å². The maximum atomic E-state index is 12.6. The first-order chi connectivity index (χ1) is 6.13. The van der Waals surface area contributed by atoms with Crippen LogP contribution in [0.1, 0.15) is 0 Å². The number of halogens is 2. The second-order valence-electron chi connectivity index (χ2n) is 2.38. The normalized spacial score (nSPS) is 9.77. The molecule has 1 amide bonds. The van der Waals surface area contributed by atoms with Crippen LogP contribution in [0.3, 0.4) is 0 Å². The predicted molar refractivity (Wildman–Crippen MR) is 49.1 cm³/mol. The lowest BCUT2D eigenvalue weighted by atomic mass is 10.3. The molecule has 3 N–H and O–H groups in total. The first-order valence-corrected chi connectivity index (χ1v) is 3.96. The monoisotopic (exact) mass is 202 g/mol. The van der Waals surface area contributed by atoms with Crippen LogP contribution in [-0.4, -0.2) is 12.5 Å². The number of anilines is 1. The molecule has 3 nitrogen and oxygen atoms in total. The Kier molecular flexibility index (Phi) is 3.22. The third-order valence-corrected chi connectivity index (χ3v) is 1.68. The van der Waals surface area contributed by atoms with Gasteiger partial charge in [0, 0.05) is 5.69 Å². The zero-order valence-electron chi connectivity index (χ0n) is 6.68. The number of hydrogen-bond donors (Lipinski definition) is 2. The molecule has 0 saturated carbocycles. The van der Waals surface area contributed by atoms with Gasteiger partial charge in [0.2, 0.25) is 5.91 Å². The van der Waals surface area contributed by atoms with Crippen molar-refractivity contribution in [1.29, 1.82) is 0 Å². The topological polar surface area (TPSA) is 55.1 Å². The van der Waals surface area contributed by atoms with E-state index in [1.165, 1.54) is 18.2 Å². The first-order valence-electron chi connectivity index (χ1n) is 3.58. The summed E-state index contributed by atoms with van der Waals surface area (Å²) in [6.07, 6.45) is 0. The lowest BCUT2D eigenvalue weighted by Crippen LogP contribution is -2.21. The molecule has 1 aromatic rings. The van der Waals surface area contributed by atoms with Crippen LogP contribution in [0.15, 0.2) is 18.2 Å². The summed E-state index contributed by atoms with van der Waals surface area (Å²) in [5, 5.41) is 2.41. The molecular weight excluding hydrogens is 195 g/mol. The van der Waals surface area contributed by atoms with Crippen molar-refractivity contribution in [1.82, 2.24) is 0 Å². The van der Waals surface area contributed by atoms with Crippen molar-refractivity contribution in [2.24, 2.45) is 5.73 Å². The molecule has 0 unspecified atom stereocenters. The molecule has 0 bridgehead atoms. The van der Waals surface area contributed by atoms with Crippen LogP contribution in [0, 0.1) is 5.82 Å². The largest absolute Gasteiger partial charge is 0.325 e. The van der Waals surface area contributed by atoms with Crippen molar-refractivity contribution in [3.8, 4) is 0 Å². The predicted octanol–water partition coefficient (Wildman–Crippen LogP) is 1.38. The Balaban J connectivity index is 2.79. The van der Waals surface area contributed by atoms with Crippen LogP contribution in [-0.2, 0) is 4.79 Å². The second kappa shape index (κ2) is 4.20. The number of carbonyl (C=O) groups is 1. The third kappa shape index (κ3) is 2.68. The molecule has 5 heteroatoms. The number of amides is 1. The summed E-state index contributed by atoms with van der Waals surface area (Å²) in [6.45, 7) is -0.116. The van der Waals surface area contributed by atoms with Gasteiger partial charge in [0.1, 0.15) is 5.82 Å². The Morgan fingerprint density at radius 2 is 2.31 bits per heavy atom. The van der Waals surface area contributed by atoms with Gasteiger partial charge in [0.05, 0.1) is 11.6 Å². The molecule has 0 saturated heterocycles.